The van der Waals surface area contributed by atoms with Gasteiger partial charge in [-0.25, -0.2) is 0 Å². The van der Waals surface area contributed by atoms with Gasteiger partial charge in [0.05, 0.1) is 11.6 Å². The fourth-order valence-corrected chi connectivity index (χ4v) is 2.15. The van der Waals surface area contributed by atoms with E-state index in [2.05, 4.69) is 5.32 Å². The summed E-state index contributed by atoms with van der Waals surface area (Å²) < 4.78 is 0. The van der Waals surface area contributed by atoms with Crippen LogP contribution >= 0.6 is 0 Å². The van der Waals surface area contributed by atoms with Crippen molar-refractivity contribution in [3.8, 4) is 6.07 Å². The van der Waals surface area contributed by atoms with E-state index in [4.69, 9.17) is 5.26 Å². The van der Waals surface area contributed by atoms with Crippen LogP contribution in [0, 0.1) is 17.2 Å². The Bertz CT molecular complexity index is 718. The largest absolute Gasteiger partial charge is 0.481 e. The molecule has 1 atom stereocenters. The second kappa shape index (κ2) is 7.76. The second-order valence-corrected chi connectivity index (χ2v) is 5.11. The van der Waals surface area contributed by atoms with Crippen LogP contribution in [0.1, 0.15) is 16.7 Å². The molecule has 0 fully saturated rings. The molecule has 0 aliphatic rings. The lowest BCUT2D eigenvalue weighted by atomic mass is 9.97. The average Bonchev–Trinajstić information content (AvgIpc) is 2.58. The molecule has 5 heteroatoms. The maximum absolute atomic E-state index is 12.1. The van der Waals surface area contributed by atoms with Crippen molar-refractivity contribution in [1.29, 1.82) is 5.26 Å². The van der Waals surface area contributed by atoms with Crippen molar-refractivity contribution in [1.82, 2.24) is 5.32 Å². The highest BCUT2D eigenvalue weighted by Crippen LogP contribution is 2.11. The van der Waals surface area contributed by atoms with Crippen molar-refractivity contribution in [3.05, 3.63) is 71.3 Å². The van der Waals surface area contributed by atoms with Crippen molar-refractivity contribution >= 4 is 11.9 Å². The highest BCUT2D eigenvalue weighted by Gasteiger charge is 2.26. The molecule has 0 aliphatic heterocycles. The fraction of sp³-hybridized carbons (Fsp3) is 0.167. The van der Waals surface area contributed by atoms with Gasteiger partial charge in [-0.2, -0.15) is 5.26 Å². The van der Waals surface area contributed by atoms with Gasteiger partial charge >= 0.3 is 5.97 Å². The molecule has 0 aliphatic carbocycles. The van der Waals surface area contributed by atoms with Gasteiger partial charge in [-0.05, 0) is 29.7 Å². The van der Waals surface area contributed by atoms with Crippen LogP contribution in [-0.2, 0) is 22.6 Å². The van der Waals surface area contributed by atoms with E-state index >= 15 is 0 Å². The van der Waals surface area contributed by atoms with Gasteiger partial charge < -0.3 is 10.4 Å². The molecule has 2 N–H and O–H groups in total. The molecule has 116 valence electrons. The number of carboxylic acid groups (broad SMARTS) is 1. The number of carbonyl (C=O) groups is 2. The van der Waals surface area contributed by atoms with Crippen LogP contribution < -0.4 is 5.32 Å². The summed E-state index contributed by atoms with van der Waals surface area (Å²) in [5.41, 5.74) is 2.10. The van der Waals surface area contributed by atoms with Gasteiger partial charge in [-0.1, -0.05) is 42.5 Å². The number of aliphatic carboxylic acids is 1. The minimum Gasteiger partial charge on any atom is -0.481 e. The number of benzene rings is 2. The van der Waals surface area contributed by atoms with E-state index in [1.165, 1.54) is 0 Å². The number of nitrogens with one attached hydrogen (secondary N) is 1. The Balaban J connectivity index is 2.01. The Morgan fingerprint density at radius 3 is 2.26 bits per heavy atom. The van der Waals surface area contributed by atoms with E-state index in [1.54, 1.807) is 24.3 Å². The molecule has 1 amide bonds. The standard InChI is InChI=1S/C18H16N2O3/c19-11-14-8-6-13(7-9-14)10-16(18(22)23)17(21)20-12-15-4-2-1-3-5-15/h1-9,16H,10,12H2,(H,20,21)(H,22,23)/t16-/m0/s1. The van der Waals surface area contributed by atoms with Gasteiger partial charge in [-0.15, -0.1) is 0 Å². The zero-order valence-corrected chi connectivity index (χ0v) is 12.4. The predicted molar refractivity (Wildman–Crippen MR) is 84.3 cm³/mol. The third-order valence-corrected chi connectivity index (χ3v) is 3.45. The molecule has 0 saturated carbocycles. The minimum atomic E-state index is -1.17. The summed E-state index contributed by atoms with van der Waals surface area (Å²) in [7, 11) is 0. The molecule has 2 aromatic carbocycles. The smallest absolute Gasteiger partial charge is 0.316 e. The van der Waals surface area contributed by atoms with Crippen molar-refractivity contribution in [2.24, 2.45) is 5.92 Å². The summed E-state index contributed by atoms with van der Waals surface area (Å²) in [5, 5.41) is 20.7. The second-order valence-electron chi connectivity index (χ2n) is 5.11. The van der Waals surface area contributed by atoms with E-state index in [9.17, 15) is 14.7 Å². The van der Waals surface area contributed by atoms with Crippen LogP contribution in [0.15, 0.2) is 54.6 Å². The Hall–Kier alpha value is -3.13. The van der Waals surface area contributed by atoms with Crippen molar-refractivity contribution in [2.45, 2.75) is 13.0 Å². The van der Waals surface area contributed by atoms with Crippen LogP contribution in [0.2, 0.25) is 0 Å². The highest BCUT2D eigenvalue weighted by atomic mass is 16.4. The Kier molecular flexibility index (Phi) is 5.48. The van der Waals surface area contributed by atoms with Crippen LogP contribution in [-0.4, -0.2) is 17.0 Å². The van der Waals surface area contributed by atoms with E-state index in [1.807, 2.05) is 36.4 Å². The first-order valence-corrected chi connectivity index (χ1v) is 7.13. The van der Waals surface area contributed by atoms with E-state index in [-0.39, 0.29) is 13.0 Å². The molecule has 0 saturated heterocycles. The predicted octanol–water partition coefficient (Wildman–Crippen LogP) is 2.12. The van der Waals surface area contributed by atoms with Crippen LogP contribution in [0.4, 0.5) is 0 Å². The van der Waals surface area contributed by atoms with Crippen molar-refractivity contribution in [2.75, 3.05) is 0 Å². The number of carbonyl (C=O) groups excluding carboxylic acids is 1. The molecule has 0 unspecified atom stereocenters. The first-order chi connectivity index (χ1) is 11.1. The molecule has 2 rings (SSSR count). The van der Waals surface area contributed by atoms with Crippen LogP contribution in [0.25, 0.3) is 0 Å². The maximum atomic E-state index is 12.1. The molecule has 0 aromatic heterocycles. The number of carboxylic acids is 1. The molecule has 5 nitrogen and oxygen atoms in total. The number of amides is 1. The van der Waals surface area contributed by atoms with Crippen molar-refractivity contribution in [3.63, 3.8) is 0 Å². The Morgan fingerprint density at radius 1 is 1.04 bits per heavy atom. The lowest BCUT2D eigenvalue weighted by molar-refractivity contribution is -0.147. The lowest BCUT2D eigenvalue weighted by Gasteiger charge is -2.13. The van der Waals surface area contributed by atoms with Crippen molar-refractivity contribution < 1.29 is 14.7 Å². The minimum absolute atomic E-state index is 0.0850. The molecule has 0 spiro atoms. The van der Waals surface area contributed by atoms with Crippen LogP contribution in [0.3, 0.4) is 0 Å². The van der Waals surface area contributed by atoms with E-state index < -0.39 is 17.8 Å². The first-order valence-electron chi connectivity index (χ1n) is 7.13. The van der Waals surface area contributed by atoms with E-state index in [0.29, 0.717) is 11.1 Å². The molecule has 0 heterocycles. The molecule has 0 bridgehead atoms. The average molecular weight is 308 g/mol. The third-order valence-electron chi connectivity index (χ3n) is 3.45. The number of hydrogen-bond acceptors (Lipinski definition) is 3. The quantitative estimate of drug-likeness (QED) is 0.800. The molecule has 2 aromatic rings. The highest BCUT2D eigenvalue weighted by molar-refractivity contribution is 5.97. The monoisotopic (exact) mass is 308 g/mol. The molecule has 0 radical (unpaired) electrons. The SMILES string of the molecule is N#Cc1ccc(C[C@H](C(=O)O)C(=O)NCc2ccccc2)cc1. The first kappa shape index (κ1) is 16.2. The summed E-state index contributed by atoms with van der Waals surface area (Å²) in [5.74, 6) is -2.85. The molecular weight excluding hydrogens is 292 g/mol. The number of nitriles is 1. The van der Waals surface area contributed by atoms with Gasteiger partial charge in [0, 0.05) is 6.54 Å². The fourth-order valence-electron chi connectivity index (χ4n) is 2.15. The number of rotatable bonds is 6. The summed E-state index contributed by atoms with van der Waals surface area (Å²) >= 11 is 0. The van der Waals surface area contributed by atoms with Gasteiger partial charge in [-0.3, -0.25) is 9.59 Å². The van der Waals surface area contributed by atoms with Gasteiger partial charge in [0.15, 0.2) is 0 Å². The summed E-state index contributed by atoms with van der Waals surface area (Å²) in [4.78, 5) is 23.5. The third kappa shape index (κ3) is 4.68. The lowest BCUT2D eigenvalue weighted by Crippen LogP contribution is -2.36. The van der Waals surface area contributed by atoms with E-state index in [0.717, 1.165) is 5.56 Å². The summed E-state index contributed by atoms with van der Waals surface area (Å²) in [6.07, 6.45) is 0.0850. The normalized spacial score (nSPS) is 11.3. The zero-order valence-electron chi connectivity index (χ0n) is 12.4. The number of hydrogen-bond donors (Lipinski definition) is 2. The zero-order chi connectivity index (χ0) is 16.7. The Morgan fingerprint density at radius 2 is 1.70 bits per heavy atom. The maximum Gasteiger partial charge on any atom is 0.316 e. The van der Waals surface area contributed by atoms with Crippen LogP contribution in [0.5, 0.6) is 0 Å². The number of nitrogens with zero attached hydrogens (tertiary/aromatic N) is 1. The van der Waals surface area contributed by atoms with Gasteiger partial charge in [0.25, 0.3) is 0 Å². The van der Waals surface area contributed by atoms with Gasteiger partial charge in [0.2, 0.25) is 5.91 Å². The Labute approximate surface area is 134 Å². The molecule has 23 heavy (non-hydrogen) atoms. The van der Waals surface area contributed by atoms with Gasteiger partial charge in [0.1, 0.15) is 5.92 Å². The summed E-state index contributed by atoms with van der Waals surface area (Å²) in [6.45, 7) is 0.289. The summed E-state index contributed by atoms with van der Waals surface area (Å²) in [6, 6.07) is 17.8. The topological polar surface area (TPSA) is 90.2 Å². The molecular formula is C18H16N2O3.